The molecule has 24 heavy (non-hydrogen) atoms. The molecule has 0 spiro atoms. The molecular weight excluding hydrogens is 298 g/mol. The van der Waals surface area contributed by atoms with E-state index in [1.807, 2.05) is 29.4 Å². The lowest BCUT2D eigenvalue weighted by Crippen LogP contribution is -2.36. The first-order valence-corrected chi connectivity index (χ1v) is 8.60. The van der Waals surface area contributed by atoms with Gasteiger partial charge < -0.3 is 9.88 Å². The highest BCUT2D eigenvalue weighted by molar-refractivity contribution is 5.92. The minimum Gasteiger partial charge on any atom is -0.346 e. The zero-order chi connectivity index (χ0) is 16.4. The van der Waals surface area contributed by atoms with Crippen LogP contribution in [0.2, 0.25) is 0 Å². The van der Waals surface area contributed by atoms with Crippen molar-refractivity contribution in [2.75, 3.05) is 13.1 Å². The van der Waals surface area contributed by atoms with Crippen LogP contribution in [0.1, 0.15) is 24.8 Å². The predicted molar refractivity (Wildman–Crippen MR) is 95.7 cm³/mol. The van der Waals surface area contributed by atoms with Crippen molar-refractivity contribution in [2.45, 2.75) is 25.7 Å². The van der Waals surface area contributed by atoms with Gasteiger partial charge in [0.15, 0.2) is 0 Å². The standard InChI is InChI=1S/C20H21N3O/c24-19(23-12-2-1-3-13-23)14-15-4-6-16(7-5-15)17-8-10-21-20-18(17)9-11-22-20/h4-11H,1-3,12-14H2,(H,21,22). The van der Waals surface area contributed by atoms with Gasteiger partial charge in [-0.3, -0.25) is 4.79 Å². The second-order valence-corrected chi connectivity index (χ2v) is 6.41. The van der Waals surface area contributed by atoms with E-state index in [-0.39, 0.29) is 5.91 Å². The molecule has 1 aliphatic rings. The number of rotatable bonds is 3. The Kier molecular flexibility index (Phi) is 4.03. The summed E-state index contributed by atoms with van der Waals surface area (Å²) in [4.78, 5) is 21.9. The molecule has 122 valence electrons. The molecule has 0 bridgehead atoms. The minimum atomic E-state index is 0.249. The van der Waals surface area contributed by atoms with Crippen molar-refractivity contribution >= 4 is 16.9 Å². The summed E-state index contributed by atoms with van der Waals surface area (Å²) in [5, 5.41) is 1.12. The maximum absolute atomic E-state index is 12.4. The van der Waals surface area contributed by atoms with E-state index in [0.29, 0.717) is 6.42 Å². The quantitative estimate of drug-likeness (QED) is 0.798. The minimum absolute atomic E-state index is 0.249. The van der Waals surface area contributed by atoms with Gasteiger partial charge in [-0.25, -0.2) is 4.98 Å². The highest BCUT2D eigenvalue weighted by Gasteiger charge is 2.16. The zero-order valence-electron chi connectivity index (χ0n) is 13.7. The molecule has 1 aliphatic heterocycles. The van der Waals surface area contributed by atoms with Crippen LogP contribution in [0.25, 0.3) is 22.2 Å². The van der Waals surface area contributed by atoms with Crippen LogP contribution in [0.3, 0.4) is 0 Å². The molecule has 3 aromatic rings. The van der Waals surface area contributed by atoms with E-state index in [9.17, 15) is 4.79 Å². The predicted octanol–water partition coefficient (Wildman–Crippen LogP) is 3.78. The maximum atomic E-state index is 12.4. The Morgan fingerprint density at radius 1 is 1.04 bits per heavy atom. The number of carbonyl (C=O) groups is 1. The fraction of sp³-hybridized carbons (Fsp3) is 0.300. The Bertz CT molecular complexity index is 845. The Morgan fingerprint density at radius 2 is 1.83 bits per heavy atom. The first-order chi connectivity index (χ1) is 11.8. The maximum Gasteiger partial charge on any atom is 0.226 e. The van der Waals surface area contributed by atoms with E-state index in [0.717, 1.165) is 53.7 Å². The van der Waals surface area contributed by atoms with Crippen LogP contribution in [-0.4, -0.2) is 33.9 Å². The van der Waals surface area contributed by atoms with Gasteiger partial charge in [0.2, 0.25) is 5.91 Å². The summed E-state index contributed by atoms with van der Waals surface area (Å²) in [5.41, 5.74) is 4.29. The van der Waals surface area contributed by atoms with Crippen molar-refractivity contribution in [1.82, 2.24) is 14.9 Å². The monoisotopic (exact) mass is 319 g/mol. The van der Waals surface area contributed by atoms with Gasteiger partial charge in [0, 0.05) is 30.9 Å². The highest BCUT2D eigenvalue weighted by atomic mass is 16.2. The lowest BCUT2D eigenvalue weighted by Gasteiger charge is -2.26. The number of benzene rings is 1. The van der Waals surface area contributed by atoms with E-state index in [1.165, 1.54) is 6.42 Å². The first-order valence-electron chi connectivity index (χ1n) is 8.60. The Morgan fingerprint density at radius 3 is 2.62 bits per heavy atom. The molecule has 0 atom stereocenters. The summed E-state index contributed by atoms with van der Waals surface area (Å²) in [6, 6.07) is 12.4. The Balaban J connectivity index is 1.52. The number of nitrogens with zero attached hydrogens (tertiary/aromatic N) is 2. The molecule has 1 N–H and O–H groups in total. The molecule has 0 radical (unpaired) electrons. The molecule has 3 heterocycles. The van der Waals surface area contributed by atoms with E-state index >= 15 is 0 Å². The molecule has 1 saturated heterocycles. The summed E-state index contributed by atoms with van der Waals surface area (Å²) >= 11 is 0. The number of amides is 1. The van der Waals surface area contributed by atoms with Crippen molar-refractivity contribution in [3.05, 3.63) is 54.4 Å². The number of aromatic nitrogens is 2. The second-order valence-electron chi connectivity index (χ2n) is 6.41. The van der Waals surface area contributed by atoms with Gasteiger partial charge in [-0.1, -0.05) is 24.3 Å². The van der Waals surface area contributed by atoms with Crippen molar-refractivity contribution in [3.63, 3.8) is 0 Å². The first kappa shape index (κ1) is 14.9. The summed E-state index contributed by atoms with van der Waals surface area (Å²) < 4.78 is 0. The van der Waals surface area contributed by atoms with Gasteiger partial charge in [-0.05, 0) is 48.1 Å². The van der Waals surface area contributed by atoms with Gasteiger partial charge in [0.1, 0.15) is 5.65 Å². The van der Waals surface area contributed by atoms with Crippen molar-refractivity contribution in [1.29, 1.82) is 0 Å². The Labute approximate surface area is 141 Å². The fourth-order valence-electron chi connectivity index (χ4n) is 3.44. The molecule has 1 aromatic carbocycles. The SMILES string of the molecule is O=C(Cc1ccc(-c2ccnc3[nH]ccc23)cc1)N1CCCCC1. The zero-order valence-corrected chi connectivity index (χ0v) is 13.7. The van der Waals surface area contributed by atoms with Crippen LogP contribution in [-0.2, 0) is 11.2 Å². The van der Waals surface area contributed by atoms with Crippen molar-refractivity contribution in [2.24, 2.45) is 0 Å². The molecule has 1 fully saturated rings. The van der Waals surface area contributed by atoms with Crippen molar-refractivity contribution in [3.8, 4) is 11.1 Å². The average Bonchev–Trinajstić information content (AvgIpc) is 3.12. The van der Waals surface area contributed by atoms with Crippen LogP contribution >= 0.6 is 0 Å². The molecule has 0 unspecified atom stereocenters. The number of pyridine rings is 1. The summed E-state index contributed by atoms with van der Waals surface area (Å²) in [5.74, 6) is 0.249. The summed E-state index contributed by atoms with van der Waals surface area (Å²) in [7, 11) is 0. The van der Waals surface area contributed by atoms with E-state index < -0.39 is 0 Å². The van der Waals surface area contributed by atoms with Crippen molar-refractivity contribution < 1.29 is 4.79 Å². The van der Waals surface area contributed by atoms with Crippen LogP contribution < -0.4 is 0 Å². The van der Waals surface area contributed by atoms with Crippen LogP contribution in [0, 0.1) is 0 Å². The number of nitrogens with one attached hydrogen (secondary N) is 1. The number of hydrogen-bond donors (Lipinski definition) is 1. The number of likely N-dealkylation sites (tertiary alicyclic amines) is 1. The summed E-state index contributed by atoms with van der Waals surface area (Å²) in [6.07, 6.45) is 7.75. The number of H-pyrrole nitrogens is 1. The molecule has 0 saturated carbocycles. The Hall–Kier alpha value is -2.62. The molecule has 1 amide bonds. The third kappa shape index (κ3) is 2.92. The van der Waals surface area contributed by atoms with E-state index in [2.05, 4.69) is 34.2 Å². The van der Waals surface area contributed by atoms with Crippen LogP contribution in [0.4, 0.5) is 0 Å². The molecular formula is C20H21N3O. The van der Waals surface area contributed by atoms with Gasteiger partial charge in [0.25, 0.3) is 0 Å². The smallest absolute Gasteiger partial charge is 0.226 e. The molecule has 4 rings (SSSR count). The van der Waals surface area contributed by atoms with E-state index in [1.54, 1.807) is 0 Å². The normalized spacial score (nSPS) is 14.9. The lowest BCUT2D eigenvalue weighted by molar-refractivity contribution is -0.131. The molecule has 0 aliphatic carbocycles. The number of aromatic amines is 1. The number of fused-ring (bicyclic) bond motifs is 1. The average molecular weight is 319 g/mol. The van der Waals surface area contributed by atoms with Gasteiger partial charge in [0.05, 0.1) is 6.42 Å². The van der Waals surface area contributed by atoms with E-state index in [4.69, 9.17) is 0 Å². The topological polar surface area (TPSA) is 49.0 Å². The third-order valence-electron chi connectivity index (χ3n) is 4.79. The number of hydrogen-bond acceptors (Lipinski definition) is 2. The van der Waals surface area contributed by atoms with Gasteiger partial charge in [-0.2, -0.15) is 0 Å². The second kappa shape index (κ2) is 6.48. The van der Waals surface area contributed by atoms with Gasteiger partial charge in [-0.15, -0.1) is 0 Å². The third-order valence-corrected chi connectivity index (χ3v) is 4.79. The molecule has 4 heteroatoms. The van der Waals surface area contributed by atoms with Gasteiger partial charge >= 0.3 is 0 Å². The fourth-order valence-corrected chi connectivity index (χ4v) is 3.44. The molecule has 4 nitrogen and oxygen atoms in total. The van der Waals surface area contributed by atoms with Crippen LogP contribution in [0.5, 0.6) is 0 Å². The summed E-state index contributed by atoms with van der Waals surface area (Å²) in [6.45, 7) is 1.83. The highest BCUT2D eigenvalue weighted by Crippen LogP contribution is 2.27. The lowest BCUT2D eigenvalue weighted by atomic mass is 10.0. The largest absolute Gasteiger partial charge is 0.346 e. The number of carbonyl (C=O) groups excluding carboxylic acids is 1. The molecule has 2 aromatic heterocycles. The number of piperidine rings is 1. The van der Waals surface area contributed by atoms with Crippen LogP contribution in [0.15, 0.2) is 48.8 Å².